The van der Waals surface area contributed by atoms with Crippen molar-refractivity contribution in [3.05, 3.63) is 89.7 Å². The molecule has 0 atom stereocenters. The van der Waals surface area contributed by atoms with Gasteiger partial charge in [-0.1, -0.05) is 42.0 Å². The summed E-state index contributed by atoms with van der Waals surface area (Å²) in [7, 11) is -4.93. The largest absolute Gasteiger partial charge is 0.496 e. The van der Waals surface area contributed by atoms with Crippen LogP contribution >= 0.6 is 0 Å². The third-order valence-corrected chi connectivity index (χ3v) is 6.98. The van der Waals surface area contributed by atoms with Gasteiger partial charge in [-0.05, 0) is 60.0 Å². The fraction of sp³-hybridized carbons (Fsp3) is 0.200. The van der Waals surface area contributed by atoms with Crippen LogP contribution < -0.4 is 22.6 Å². The maximum absolute atomic E-state index is 14.7. The van der Waals surface area contributed by atoms with Crippen LogP contribution in [0.3, 0.4) is 0 Å². The average Bonchev–Trinajstić information content (AvgIpc) is 2.92. The first-order valence-corrected chi connectivity index (χ1v) is 16.1. The molecule has 0 spiro atoms. The number of ether oxygens (including phenoxy) is 3. The summed E-state index contributed by atoms with van der Waals surface area (Å²) >= 11 is 0. The number of hydrogen-bond acceptors (Lipinski definition) is 9. The number of halogens is 1. The molecule has 9 nitrogen and oxygen atoms in total. The van der Waals surface area contributed by atoms with Crippen molar-refractivity contribution in [2.24, 2.45) is 0 Å². The van der Waals surface area contributed by atoms with Gasteiger partial charge in [0.2, 0.25) is 0 Å². The van der Waals surface area contributed by atoms with Crippen molar-refractivity contribution in [1.82, 2.24) is 0 Å². The van der Waals surface area contributed by atoms with Crippen LogP contribution in [0.25, 0.3) is 22.3 Å². The summed E-state index contributed by atoms with van der Waals surface area (Å²) in [4.78, 5) is 0. The monoisotopic (exact) mass is 616 g/mol. The molecule has 0 N–H and O–H groups in total. The smallest absolute Gasteiger partial charge is 0.306 e. The summed E-state index contributed by atoms with van der Waals surface area (Å²) in [6.07, 6.45) is 1.76. The molecule has 4 rings (SSSR count). The van der Waals surface area contributed by atoms with Gasteiger partial charge in [0, 0.05) is 11.1 Å². The van der Waals surface area contributed by atoms with Crippen molar-refractivity contribution in [3.8, 4) is 51.0 Å². The molecule has 0 saturated heterocycles. The Bertz CT molecular complexity index is 1820. The Labute approximate surface area is 244 Å². The van der Waals surface area contributed by atoms with Gasteiger partial charge < -0.3 is 22.6 Å². The van der Waals surface area contributed by atoms with E-state index in [1.807, 2.05) is 31.2 Å². The van der Waals surface area contributed by atoms with Crippen molar-refractivity contribution in [2.75, 3.05) is 26.7 Å². The van der Waals surface area contributed by atoms with Gasteiger partial charge >= 0.3 is 20.2 Å². The van der Waals surface area contributed by atoms with E-state index in [-0.39, 0.29) is 18.1 Å². The second-order valence-corrected chi connectivity index (χ2v) is 12.6. The lowest BCUT2D eigenvalue weighted by Crippen LogP contribution is -2.08. The molecule has 0 saturated carbocycles. The van der Waals surface area contributed by atoms with Gasteiger partial charge in [0.25, 0.3) is 0 Å². The molecule has 0 aliphatic carbocycles. The van der Waals surface area contributed by atoms with Gasteiger partial charge in [-0.2, -0.15) is 16.8 Å². The molecule has 0 heterocycles. The molecule has 222 valence electrons. The van der Waals surface area contributed by atoms with E-state index in [1.165, 1.54) is 32.4 Å². The van der Waals surface area contributed by atoms with Gasteiger partial charge in [0.1, 0.15) is 18.1 Å². The van der Waals surface area contributed by atoms with Crippen LogP contribution in [0.5, 0.6) is 28.7 Å². The molecular formula is C30H29FO9S2. The van der Waals surface area contributed by atoms with E-state index in [1.54, 1.807) is 24.3 Å². The Morgan fingerprint density at radius 3 is 1.62 bits per heavy atom. The van der Waals surface area contributed by atoms with E-state index >= 15 is 0 Å². The molecule has 0 aliphatic heterocycles. The van der Waals surface area contributed by atoms with Gasteiger partial charge in [-0.15, -0.1) is 0 Å². The fourth-order valence-corrected chi connectivity index (χ4v) is 5.03. The second kappa shape index (κ2) is 12.3. The van der Waals surface area contributed by atoms with Crippen LogP contribution in [0.4, 0.5) is 4.39 Å². The third kappa shape index (κ3) is 7.71. The molecule has 0 aromatic heterocycles. The second-order valence-electron chi connectivity index (χ2n) is 9.41. The maximum Gasteiger partial charge on any atom is 0.306 e. The average molecular weight is 617 g/mol. The molecule has 4 aromatic carbocycles. The Morgan fingerprint density at radius 2 is 1.12 bits per heavy atom. The summed E-state index contributed by atoms with van der Waals surface area (Å²) in [5.41, 5.74) is 3.87. The van der Waals surface area contributed by atoms with Crippen molar-refractivity contribution in [3.63, 3.8) is 0 Å². The standard InChI is InChI=1S/C30H29FO9S2/c1-19-6-8-20(9-7-19)18-38-27-13-11-22(15-30(27)40-42(5,34)35)24-17-28(36-2)23(16-29(24)37-3)21-10-12-26(25(31)14-21)39-41(4,32)33/h6-17H,18H2,1-5H3. The summed E-state index contributed by atoms with van der Waals surface area (Å²) in [5, 5.41) is 0. The highest BCUT2D eigenvalue weighted by Gasteiger charge is 2.20. The van der Waals surface area contributed by atoms with Gasteiger partial charge in [0.05, 0.1) is 26.7 Å². The Morgan fingerprint density at radius 1 is 0.619 bits per heavy atom. The molecule has 4 aromatic rings. The molecule has 42 heavy (non-hydrogen) atoms. The first-order chi connectivity index (χ1) is 19.8. The van der Waals surface area contributed by atoms with E-state index in [0.29, 0.717) is 33.8 Å². The van der Waals surface area contributed by atoms with Crippen molar-refractivity contribution in [1.29, 1.82) is 0 Å². The first-order valence-electron chi connectivity index (χ1n) is 12.4. The predicted molar refractivity (Wildman–Crippen MR) is 157 cm³/mol. The van der Waals surface area contributed by atoms with E-state index in [9.17, 15) is 21.2 Å². The zero-order chi connectivity index (χ0) is 30.7. The summed E-state index contributed by atoms with van der Waals surface area (Å²) in [6, 6.07) is 19.6. The molecule has 12 heteroatoms. The molecule has 0 fully saturated rings. The van der Waals surface area contributed by atoms with Gasteiger partial charge in [-0.3, -0.25) is 0 Å². The summed E-state index contributed by atoms with van der Waals surface area (Å²) in [5.74, 6) is -0.415. The Kier molecular flexibility index (Phi) is 8.97. The van der Waals surface area contributed by atoms with Crippen LogP contribution in [-0.4, -0.2) is 43.6 Å². The van der Waals surface area contributed by atoms with Crippen LogP contribution in [0.1, 0.15) is 11.1 Å². The van der Waals surface area contributed by atoms with Crippen molar-refractivity contribution in [2.45, 2.75) is 13.5 Å². The molecule has 0 amide bonds. The number of benzene rings is 4. The Balaban J connectivity index is 1.74. The number of aryl methyl sites for hydroxylation is 1. The van der Waals surface area contributed by atoms with E-state index < -0.39 is 31.8 Å². The molecular weight excluding hydrogens is 587 g/mol. The van der Waals surface area contributed by atoms with E-state index in [0.717, 1.165) is 29.7 Å². The summed E-state index contributed by atoms with van der Waals surface area (Å²) < 4.78 is 88.7. The lowest BCUT2D eigenvalue weighted by atomic mass is 9.97. The van der Waals surface area contributed by atoms with Crippen molar-refractivity contribution < 1.29 is 43.8 Å². The van der Waals surface area contributed by atoms with Crippen LogP contribution in [0, 0.1) is 12.7 Å². The van der Waals surface area contributed by atoms with E-state index in [4.69, 9.17) is 18.4 Å². The number of methoxy groups -OCH3 is 2. The molecule has 0 unspecified atom stereocenters. The maximum atomic E-state index is 14.7. The number of rotatable bonds is 11. The highest BCUT2D eigenvalue weighted by molar-refractivity contribution is 7.86. The lowest BCUT2D eigenvalue weighted by molar-refractivity contribution is 0.296. The third-order valence-electron chi connectivity index (χ3n) is 6.02. The minimum Gasteiger partial charge on any atom is -0.496 e. The number of hydrogen-bond donors (Lipinski definition) is 0. The zero-order valence-corrected chi connectivity index (χ0v) is 25.1. The van der Waals surface area contributed by atoms with Crippen LogP contribution in [0.2, 0.25) is 0 Å². The summed E-state index contributed by atoms with van der Waals surface area (Å²) in [6.45, 7) is 2.16. The van der Waals surface area contributed by atoms with Crippen LogP contribution in [-0.2, 0) is 26.8 Å². The fourth-order valence-electron chi connectivity index (χ4n) is 4.12. The topological polar surface area (TPSA) is 114 Å². The van der Waals surface area contributed by atoms with Gasteiger partial charge in [-0.25, -0.2) is 4.39 Å². The van der Waals surface area contributed by atoms with Crippen LogP contribution in [0.15, 0.2) is 72.8 Å². The molecule has 0 aliphatic rings. The predicted octanol–water partition coefficient (Wildman–Crippen LogP) is 5.74. The molecule has 0 bridgehead atoms. The van der Waals surface area contributed by atoms with Crippen molar-refractivity contribution >= 4 is 20.2 Å². The highest BCUT2D eigenvalue weighted by atomic mass is 32.2. The lowest BCUT2D eigenvalue weighted by Gasteiger charge is -2.17. The zero-order valence-electron chi connectivity index (χ0n) is 23.5. The minimum absolute atomic E-state index is 0.0178. The Hall–Kier alpha value is -4.29. The van der Waals surface area contributed by atoms with Gasteiger partial charge in [0.15, 0.2) is 23.1 Å². The normalized spacial score (nSPS) is 11.6. The SMILES string of the molecule is COc1cc(-c2ccc(OCc3ccc(C)cc3)c(OS(C)(=O)=O)c2)c(OC)cc1-c1ccc(OS(C)(=O)=O)c(F)c1. The highest BCUT2D eigenvalue weighted by Crippen LogP contribution is 2.43. The van der Waals surface area contributed by atoms with E-state index in [2.05, 4.69) is 4.18 Å². The first kappa shape index (κ1) is 30.7. The minimum atomic E-state index is -3.92. The quantitative estimate of drug-likeness (QED) is 0.195. The molecule has 0 radical (unpaired) electrons.